The van der Waals surface area contributed by atoms with Crippen LogP contribution in [0.3, 0.4) is 0 Å². The van der Waals surface area contributed by atoms with Gasteiger partial charge < -0.3 is 19.7 Å². The van der Waals surface area contributed by atoms with Gasteiger partial charge in [-0.25, -0.2) is 12.8 Å². The Morgan fingerprint density at radius 2 is 1.72 bits per heavy atom. The average molecular weight is 524 g/mol. The molecular weight excluding hydrogens is 489 g/mol. The van der Waals surface area contributed by atoms with Crippen LogP contribution in [0.1, 0.15) is 33.3 Å². The topological polar surface area (TPSA) is 105 Å². The number of sulfonamides is 1. The van der Waals surface area contributed by atoms with Crippen LogP contribution in [-0.4, -0.2) is 63.7 Å². The number of carbonyl (C=O) groups is 2. The van der Waals surface area contributed by atoms with E-state index in [9.17, 15) is 22.4 Å². The van der Waals surface area contributed by atoms with Crippen molar-refractivity contribution in [3.63, 3.8) is 0 Å². The third-order valence-corrected chi connectivity index (χ3v) is 6.42. The Labute approximate surface area is 212 Å². The van der Waals surface area contributed by atoms with E-state index in [0.717, 1.165) is 15.5 Å². The van der Waals surface area contributed by atoms with Gasteiger partial charge in [0.2, 0.25) is 21.8 Å². The van der Waals surface area contributed by atoms with Crippen molar-refractivity contribution in [2.75, 3.05) is 31.3 Å². The van der Waals surface area contributed by atoms with Gasteiger partial charge in [0.05, 0.1) is 26.2 Å². The van der Waals surface area contributed by atoms with Crippen LogP contribution in [0.25, 0.3) is 0 Å². The van der Waals surface area contributed by atoms with E-state index >= 15 is 0 Å². The molecule has 9 nitrogen and oxygen atoms in total. The van der Waals surface area contributed by atoms with Crippen LogP contribution in [0.5, 0.6) is 11.5 Å². The summed E-state index contributed by atoms with van der Waals surface area (Å²) in [6.07, 6.45) is 0.955. The lowest BCUT2D eigenvalue weighted by Gasteiger charge is -2.33. The smallest absolute Gasteiger partial charge is 0.244 e. The van der Waals surface area contributed by atoms with Gasteiger partial charge in [0.15, 0.2) is 0 Å². The highest BCUT2D eigenvalue weighted by Gasteiger charge is 2.32. The van der Waals surface area contributed by atoms with Crippen LogP contribution >= 0.6 is 0 Å². The molecule has 0 aliphatic carbocycles. The molecule has 0 spiro atoms. The van der Waals surface area contributed by atoms with Crippen molar-refractivity contribution in [1.82, 2.24) is 10.2 Å². The Morgan fingerprint density at radius 3 is 2.25 bits per heavy atom. The number of halogens is 1. The van der Waals surface area contributed by atoms with Crippen LogP contribution in [0.15, 0.2) is 42.5 Å². The molecule has 1 atom stereocenters. The Balaban J connectivity index is 2.51. The molecule has 0 aliphatic rings. The van der Waals surface area contributed by atoms with E-state index in [1.54, 1.807) is 32.9 Å². The zero-order chi connectivity index (χ0) is 27.3. The first kappa shape index (κ1) is 28.9. The third-order valence-electron chi connectivity index (χ3n) is 5.30. The number of ether oxygens (including phenoxy) is 2. The predicted molar refractivity (Wildman–Crippen MR) is 136 cm³/mol. The molecule has 0 bridgehead atoms. The molecule has 0 radical (unpaired) electrons. The van der Waals surface area contributed by atoms with E-state index in [1.165, 1.54) is 51.5 Å². The summed E-state index contributed by atoms with van der Waals surface area (Å²) in [5.74, 6) is -1.16. The fourth-order valence-electron chi connectivity index (χ4n) is 3.45. The minimum Gasteiger partial charge on any atom is -0.497 e. The fraction of sp³-hybridized carbons (Fsp3) is 0.440. The maximum Gasteiger partial charge on any atom is 0.244 e. The molecule has 2 amide bonds. The predicted octanol–water partition coefficient (Wildman–Crippen LogP) is 2.94. The van der Waals surface area contributed by atoms with Crippen LogP contribution in [-0.2, 0) is 26.2 Å². The highest BCUT2D eigenvalue weighted by molar-refractivity contribution is 7.92. The van der Waals surface area contributed by atoms with E-state index in [1.807, 2.05) is 0 Å². The summed E-state index contributed by atoms with van der Waals surface area (Å²) in [6, 6.07) is 9.41. The van der Waals surface area contributed by atoms with Gasteiger partial charge in [-0.2, -0.15) is 0 Å². The minimum atomic E-state index is -3.98. The highest BCUT2D eigenvalue weighted by Crippen LogP contribution is 2.34. The molecule has 11 heteroatoms. The molecule has 2 rings (SSSR count). The van der Waals surface area contributed by atoms with Crippen molar-refractivity contribution < 1.29 is 31.9 Å². The molecule has 1 N–H and O–H groups in total. The van der Waals surface area contributed by atoms with Gasteiger partial charge >= 0.3 is 0 Å². The summed E-state index contributed by atoms with van der Waals surface area (Å²) >= 11 is 0. The van der Waals surface area contributed by atoms with Crippen molar-refractivity contribution in [3.8, 4) is 11.5 Å². The molecule has 0 unspecified atom stereocenters. The third kappa shape index (κ3) is 7.58. The summed E-state index contributed by atoms with van der Waals surface area (Å²) in [5, 5.41) is 2.81. The Morgan fingerprint density at radius 1 is 1.08 bits per heavy atom. The number of anilines is 1. The number of amides is 2. The number of methoxy groups -OCH3 is 2. The molecule has 2 aromatic carbocycles. The van der Waals surface area contributed by atoms with Gasteiger partial charge in [-0.15, -0.1) is 0 Å². The van der Waals surface area contributed by atoms with Gasteiger partial charge in [0.1, 0.15) is 29.9 Å². The second-order valence-corrected chi connectivity index (χ2v) is 11.2. The SMILES string of the molecule is COc1ccc(OC)c(N(CC(=O)N(Cc2ccccc2F)[C@H](C)C(=O)NC(C)(C)C)S(C)(=O)=O)c1. The number of nitrogens with one attached hydrogen (secondary N) is 1. The molecular formula is C25H34FN3O6S. The lowest BCUT2D eigenvalue weighted by atomic mass is 10.1. The Kier molecular flexibility index (Phi) is 9.31. The van der Waals surface area contributed by atoms with Crippen molar-refractivity contribution in [2.45, 2.75) is 45.8 Å². The van der Waals surface area contributed by atoms with Crippen LogP contribution in [0, 0.1) is 5.82 Å². The minimum absolute atomic E-state index is 0.0883. The first-order valence-corrected chi connectivity index (χ1v) is 13.1. The molecule has 2 aromatic rings. The highest BCUT2D eigenvalue weighted by atomic mass is 32.2. The zero-order valence-corrected chi connectivity index (χ0v) is 22.5. The summed E-state index contributed by atoms with van der Waals surface area (Å²) in [4.78, 5) is 27.7. The normalized spacial score (nSPS) is 12.4. The first-order valence-electron chi connectivity index (χ1n) is 11.2. The lowest BCUT2D eigenvalue weighted by Crippen LogP contribution is -2.54. The largest absolute Gasteiger partial charge is 0.497 e. The van der Waals surface area contributed by atoms with Crippen molar-refractivity contribution in [3.05, 3.63) is 53.8 Å². The van der Waals surface area contributed by atoms with Gasteiger partial charge in [-0.1, -0.05) is 18.2 Å². The van der Waals surface area contributed by atoms with E-state index < -0.39 is 45.8 Å². The zero-order valence-electron chi connectivity index (χ0n) is 21.7. The summed E-state index contributed by atoms with van der Waals surface area (Å²) in [7, 11) is -1.19. The molecule has 0 fully saturated rings. The van der Waals surface area contributed by atoms with E-state index in [-0.39, 0.29) is 23.5 Å². The molecule has 198 valence electrons. The van der Waals surface area contributed by atoms with Gasteiger partial charge in [-0.05, 0) is 45.9 Å². The maximum absolute atomic E-state index is 14.5. The van der Waals surface area contributed by atoms with E-state index in [2.05, 4.69) is 5.32 Å². The fourth-order valence-corrected chi connectivity index (χ4v) is 4.30. The lowest BCUT2D eigenvalue weighted by molar-refractivity contribution is -0.140. The Hall–Kier alpha value is -3.34. The molecule has 0 aliphatic heterocycles. The number of rotatable bonds is 10. The molecule has 0 aromatic heterocycles. The van der Waals surface area contributed by atoms with E-state index in [0.29, 0.717) is 5.75 Å². The number of nitrogens with zero attached hydrogens (tertiary/aromatic N) is 2. The van der Waals surface area contributed by atoms with Crippen molar-refractivity contribution in [2.24, 2.45) is 0 Å². The van der Waals surface area contributed by atoms with Crippen LogP contribution < -0.4 is 19.1 Å². The standard InChI is InChI=1S/C25H34FN3O6S/c1-17(24(31)27-25(2,3)4)28(15-18-10-8-9-11-20(18)26)23(30)16-29(36(7,32)33)21-14-19(34-5)12-13-22(21)35-6/h8-14,17H,15-16H2,1-7H3,(H,27,31)/t17-/m1/s1. The van der Waals surface area contributed by atoms with Crippen molar-refractivity contribution >= 4 is 27.5 Å². The Bertz CT molecular complexity index is 1200. The average Bonchev–Trinajstić information content (AvgIpc) is 2.79. The number of carbonyl (C=O) groups excluding carboxylic acids is 2. The summed E-state index contributed by atoms with van der Waals surface area (Å²) < 4.78 is 51.4. The molecule has 0 heterocycles. The monoisotopic (exact) mass is 523 g/mol. The second kappa shape index (κ2) is 11.6. The second-order valence-electron chi connectivity index (χ2n) is 9.34. The van der Waals surface area contributed by atoms with E-state index in [4.69, 9.17) is 9.47 Å². The summed E-state index contributed by atoms with van der Waals surface area (Å²) in [5.41, 5.74) is -0.304. The molecule has 36 heavy (non-hydrogen) atoms. The molecule has 0 saturated heterocycles. The maximum atomic E-state index is 14.5. The van der Waals surface area contributed by atoms with Gasteiger partial charge in [0, 0.05) is 23.7 Å². The summed E-state index contributed by atoms with van der Waals surface area (Å²) in [6.45, 7) is 6.00. The number of hydrogen-bond acceptors (Lipinski definition) is 6. The van der Waals surface area contributed by atoms with Gasteiger partial charge in [-0.3, -0.25) is 13.9 Å². The van der Waals surface area contributed by atoms with Crippen LogP contribution in [0.2, 0.25) is 0 Å². The molecule has 0 saturated carbocycles. The van der Waals surface area contributed by atoms with Crippen molar-refractivity contribution in [1.29, 1.82) is 0 Å². The quantitative estimate of drug-likeness (QED) is 0.514. The first-order chi connectivity index (χ1) is 16.7. The number of hydrogen-bond donors (Lipinski definition) is 1. The number of benzene rings is 2. The van der Waals surface area contributed by atoms with Crippen LogP contribution in [0.4, 0.5) is 10.1 Å². The van der Waals surface area contributed by atoms with Gasteiger partial charge in [0.25, 0.3) is 0 Å².